The summed E-state index contributed by atoms with van der Waals surface area (Å²) in [4.78, 5) is 27.8. The third kappa shape index (κ3) is 5.43. The first-order valence-corrected chi connectivity index (χ1v) is 10.8. The maximum atomic E-state index is 13.1. The Morgan fingerprint density at radius 1 is 1.00 bits per heavy atom. The monoisotopic (exact) mass is 409 g/mol. The SMILES string of the molecule is CCCNNC(=O)c1ccc(CN(CCC)C(=O)c2cc3ccccc3s2)cc1. The highest BCUT2D eigenvalue weighted by Gasteiger charge is 2.18. The maximum Gasteiger partial charge on any atom is 0.265 e. The highest BCUT2D eigenvalue weighted by Crippen LogP contribution is 2.26. The molecule has 0 aliphatic rings. The smallest absolute Gasteiger partial charge is 0.265 e. The molecule has 0 saturated heterocycles. The first-order valence-electron chi connectivity index (χ1n) is 10.0. The highest BCUT2D eigenvalue weighted by atomic mass is 32.1. The van der Waals surface area contributed by atoms with E-state index in [2.05, 4.69) is 17.8 Å². The van der Waals surface area contributed by atoms with Gasteiger partial charge in [-0.15, -0.1) is 11.3 Å². The molecule has 0 fully saturated rings. The number of rotatable bonds is 9. The molecule has 6 heteroatoms. The molecule has 3 rings (SSSR count). The van der Waals surface area contributed by atoms with E-state index in [1.54, 1.807) is 12.1 Å². The minimum absolute atomic E-state index is 0.0543. The Kier molecular flexibility index (Phi) is 7.38. The van der Waals surface area contributed by atoms with Gasteiger partial charge < -0.3 is 4.90 Å². The van der Waals surface area contributed by atoms with Gasteiger partial charge in [0.25, 0.3) is 11.8 Å². The quantitative estimate of drug-likeness (QED) is 0.401. The van der Waals surface area contributed by atoms with E-state index in [4.69, 9.17) is 0 Å². The van der Waals surface area contributed by atoms with Crippen molar-refractivity contribution in [3.05, 3.63) is 70.6 Å². The van der Waals surface area contributed by atoms with Crippen molar-refractivity contribution in [1.29, 1.82) is 0 Å². The van der Waals surface area contributed by atoms with Crippen LogP contribution in [0.4, 0.5) is 0 Å². The van der Waals surface area contributed by atoms with E-state index in [1.807, 2.05) is 54.3 Å². The third-order valence-electron chi connectivity index (χ3n) is 4.58. The zero-order valence-electron chi connectivity index (χ0n) is 16.9. The van der Waals surface area contributed by atoms with Crippen LogP contribution in [0.5, 0.6) is 0 Å². The molecule has 5 nitrogen and oxygen atoms in total. The lowest BCUT2D eigenvalue weighted by atomic mass is 10.1. The molecule has 0 spiro atoms. The van der Waals surface area contributed by atoms with Crippen molar-refractivity contribution in [1.82, 2.24) is 15.8 Å². The normalized spacial score (nSPS) is 10.8. The number of fused-ring (bicyclic) bond motifs is 1. The van der Waals surface area contributed by atoms with Gasteiger partial charge in [-0.3, -0.25) is 15.0 Å². The van der Waals surface area contributed by atoms with Gasteiger partial charge in [-0.25, -0.2) is 5.43 Å². The number of benzene rings is 2. The Labute approximate surface area is 175 Å². The Bertz CT molecular complexity index is 933. The molecule has 0 radical (unpaired) electrons. The number of hydrazine groups is 1. The molecule has 0 saturated carbocycles. The summed E-state index contributed by atoms with van der Waals surface area (Å²) in [6.07, 6.45) is 1.83. The van der Waals surface area contributed by atoms with Crippen LogP contribution in [-0.4, -0.2) is 29.8 Å². The second-order valence-corrected chi connectivity index (χ2v) is 8.04. The standard InChI is InChI=1S/C23H27N3O2S/c1-3-13-24-25-22(27)18-11-9-17(10-12-18)16-26(14-4-2)23(28)21-15-19-7-5-6-8-20(19)29-21/h5-12,15,24H,3-4,13-14,16H2,1-2H3,(H,25,27). The highest BCUT2D eigenvalue weighted by molar-refractivity contribution is 7.20. The van der Waals surface area contributed by atoms with Gasteiger partial charge in [0.1, 0.15) is 0 Å². The summed E-state index contributed by atoms with van der Waals surface area (Å²) in [6, 6.07) is 17.5. The first-order chi connectivity index (χ1) is 14.1. The lowest BCUT2D eigenvalue weighted by molar-refractivity contribution is 0.0747. The molecule has 3 aromatic rings. The molecule has 2 amide bonds. The molecule has 29 heavy (non-hydrogen) atoms. The van der Waals surface area contributed by atoms with Crippen LogP contribution in [0.25, 0.3) is 10.1 Å². The minimum Gasteiger partial charge on any atom is -0.334 e. The topological polar surface area (TPSA) is 61.4 Å². The van der Waals surface area contributed by atoms with Crippen LogP contribution in [0.1, 0.15) is 52.3 Å². The van der Waals surface area contributed by atoms with E-state index in [0.717, 1.165) is 39.9 Å². The van der Waals surface area contributed by atoms with Crippen molar-refractivity contribution in [2.45, 2.75) is 33.2 Å². The molecule has 0 unspecified atom stereocenters. The molecular weight excluding hydrogens is 382 g/mol. The fourth-order valence-corrected chi connectivity index (χ4v) is 4.12. The summed E-state index contributed by atoms with van der Waals surface area (Å²) in [5.74, 6) is -0.101. The predicted molar refractivity (Wildman–Crippen MR) is 119 cm³/mol. The number of hydrogen-bond acceptors (Lipinski definition) is 4. The lowest BCUT2D eigenvalue weighted by Gasteiger charge is -2.21. The van der Waals surface area contributed by atoms with Crippen molar-refractivity contribution in [3.63, 3.8) is 0 Å². The van der Waals surface area contributed by atoms with Gasteiger partial charge in [0.2, 0.25) is 0 Å². The summed E-state index contributed by atoms with van der Waals surface area (Å²) in [5, 5.41) is 1.10. The Hall–Kier alpha value is -2.70. The van der Waals surface area contributed by atoms with Crippen LogP contribution in [0.3, 0.4) is 0 Å². The van der Waals surface area contributed by atoms with Gasteiger partial charge in [0, 0.05) is 29.9 Å². The number of carbonyl (C=O) groups is 2. The van der Waals surface area contributed by atoms with Crippen LogP contribution in [0, 0.1) is 0 Å². The van der Waals surface area contributed by atoms with E-state index >= 15 is 0 Å². The second kappa shape index (κ2) is 10.2. The fraction of sp³-hybridized carbons (Fsp3) is 0.304. The molecule has 152 valence electrons. The Morgan fingerprint density at radius 2 is 1.76 bits per heavy atom. The van der Waals surface area contributed by atoms with E-state index in [0.29, 0.717) is 18.7 Å². The summed E-state index contributed by atoms with van der Waals surface area (Å²) in [7, 11) is 0. The van der Waals surface area contributed by atoms with Gasteiger partial charge in [0.05, 0.1) is 4.88 Å². The van der Waals surface area contributed by atoms with E-state index in [1.165, 1.54) is 11.3 Å². The number of nitrogens with one attached hydrogen (secondary N) is 2. The number of hydrogen-bond donors (Lipinski definition) is 2. The van der Waals surface area contributed by atoms with Crippen molar-refractivity contribution in [2.75, 3.05) is 13.1 Å². The van der Waals surface area contributed by atoms with Crippen LogP contribution in [-0.2, 0) is 6.54 Å². The molecule has 0 atom stereocenters. The molecule has 0 aliphatic heterocycles. The third-order valence-corrected chi connectivity index (χ3v) is 5.69. The molecule has 0 bridgehead atoms. The van der Waals surface area contributed by atoms with Gasteiger partial charge >= 0.3 is 0 Å². The maximum absolute atomic E-state index is 13.1. The Morgan fingerprint density at radius 3 is 2.45 bits per heavy atom. The van der Waals surface area contributed by atoms with E-state index < -0.39 is 0 Å². The molecule has 1 heterocycles. The van der Waals surface area contributed by atoms with Crippen LogP contribution in [0.15, 0.2) is 54.6 Å². The second-order valence-electron chi connectivity index (χ2n) is 6.95. The number of amides is 2. The molecular formula is C23H27N3O2S. The predicted octanol–water partition coefficient (Wildman–Crippen LogP) is 4.60. The van der Waals surface area contributed by atoms with E-state index in [9.17, 15) is 9.59 Å². The van der Waals surface area contributed by atoms with Crippen molar-refractivity contribution in [2.24, 2.45) is 0 Å². The molecule has 1 aromatic heterocycles. The largest absolute Gasteiger partial charge is 0.334 e. The Balaban J connectivity index is 1.69. The van der Waals surface area contributed by atoms with Gasteiger partial charge in [0.15, 0.2) is 0 Å². The van der Waals surface area contributed by atoms with Crippen molar-refractivity contribution >= 4 is 33.2 Å². The lowest BCUT2D eigenvalue weighted by Crippen LogP contribution is -2.37. The summed E-state index contributed by atoms with van der Waals surface area (Å²) in [5.41, 5.74) is 7.17. The van der Waals surface area contributed by atoms with Crippen LogP contribution >= 0.6 is 11.3 Å². The minimum atomic E-state index is -0.156. The summed E-state index contributed by atoms with van der Waals surface area (Å²) >= 11 is 1.53. The van der Waals surface area contributed by atoms with Crippen LogP contribution in [0.2, 0.25) is 0 Å². The summed E-state index contributed by atoms with van der Waals surface area (Å²) in [6.45, 7) is 6.06. The number of thiophene rings is 1. The van der Waals surface area contributed by atoms with Gasteiger partial charge in [-0.05, 0) is 48.1 Å². The molecule has 2 N–H and O–H groups in total. The van der Waals surface area contributed by atoms with Crippen molar-refractivity contribution < 1.29 is 9.59 Å². The zero-order valence-corrected chi connectivity index (χ0v) is 17.7. The first kappa shape index (κ1) is 21.0. The number of carbonyl (C=O) groups excluding carboxylic acids is 2. The molecule has 0 aliphatic carbocycles. The fourth-order valence-electron chi connectivity index (χ4n) is 3.09. The zero-order chi connectivity index (χ0) is 20.6. The average molecular weight is 410 g/mol. The summed E-state index contributed by atoms with van der Waals surface area (Å²) < 4.78 is 1.12. The van der Waals surface area contributed by atoms with E-state index in [-0.39, 0.29) is 11.8 Å². The molecule has 2 aromatic carbocycles. The number of nitrogens with zero attached hydrogens (tertiary/aromatic N) is 1. The van der Waals surface area contributed by atoms with Crippen LogP contribution < -0.4 is 10.9 Å². The van der Waals surface area contributed by atoms with Gasteiger partial charge in [-0.2, -0.15) is 0 Å². The average Bonchev–Trinajstić information content (AvgIpc) is 3.18. The van der Waals surface area contributed by atoms with Crippen molar-refractivity contribution in [3.8, 4) is 0 Å². The van der Waals surface area contributed by atoms with Gasteiger partial charge in [-0.1, -0.05) is 44.2 Å².